The van der Waals surface area contributed by atoms with Gasteiger partial charge in [-0.15, -0.1) is 0 Å². The third-order valence-corrected chi connectivity index (χ3v) is 0.0680. The minimum absolute atomic E-state index is 0. The highest BCUT2D eigenvalue weighted by Crippen LogP contribution is 1.46. The van der Waals surface area contributed by atoms with Crippen molar-refractivity contribution in [2.45, 2.75) is 0 Å². The van der Waals surface area contributed by atoms with Crippen LogP contribution in [0.1, 0.15) is 0 Å². The summed E-state index contributed by atoms with van der Waals surface area (Å²) in [7, 11) is 0. The van der Waals surface area contributed by atoms with Gasteiger partial charge in [0.1, 0.15) is 0 Å². The van der Waals surface area contributed by atoms with Gasteiger partial charge in [-0.2, -0.15) is 0 Å². The van der Waals surface area contributed by atoms with E-state index >= 15 is 0 Å². The molecule has 0 unspecified atom stereocenters. The zero-order chi connectivity index (χ0) is 4.28. The second-order valence-electron chi connectivity index (χ2n) is 0.333. The summed E-state index contributed by atoms with van der Waals surface area (Å²) in [6.07, 6.45) is -2.05. The minimum Gasteiger partial charge on any atom is -0.755 e. The molecule has 0 radical (unpaired) electrons. The van der Waals surface area contributed by atoms with Crippen molar-refractivity contribution in [2.75, 3.05) is 0 Å². The molecule has 0 aromatic carbocycles. The van der Waals surface area contributed by atoms with E-state index in [-0.39, 0.29) is 12.3 Å². The highest BCUT2D eigenvalue weighted by molar-refractivity contribution is 5.52. The fraction of sp³-hybridized carbons (Fsp3) is 0. The Bertz CT molecular complexity index is 45.0. The van der Waals surface area contributed by atoms with Gasteiger partial charge >= 0.3 is 0 Å². The van der Waals surface area contributed by atoms with Gasteiger partial charge in [0.05, 0.1) is 0 Å². The Morgan fingerprint density at radius 2 is 1.57 bits per heavy atom. The standard InChI is InChI=1S/CH2O4.2H3N/c2-1(3)5-4;;/h4H,(H,2,3);2*1H3. The van der Waals surface area contributed by atoms with E-state index in [0.29, 0.717) is 0 Å². The summed E-state index contributed by atoms with van der Waals surface area (Å²) in [6, 6.07) is 0. The average Bonchev–Trinajstić information content (AvgIpc) is 1.38. The van der Waals surface area contributed by atoms with Crippen LogP contribution in [0.5, 0.6) is 0 Å². The lowest BCUT2D eigenvalue weighted by Crippen LogP contribution is -2.28. The number of carbonyl (C=O) groups excluding carboxylic acids is 1. The molecule has 46 valence electrons. The lowest BCUT2D eigenvalue weighted by atomic mass is 11.5. The Kier molecular flexibility index (Phi) is 21.0. The number of hydrogen-bond acceptors (Lipinski definition) is 4. The maximum Gasteiger partial charge on any atom is 0.240 e. The third-order valence-electron chi connectivity index (χ3n) is 0.0680. The molecule has 0 aromatic rings. The van der Waals surface area contributed by atoms with E-state index in [1.165, 1.54) is 0 Å². The molecular weight excluding hydrogens is 104 g/mol. The highest BCUT2D eigenvalue weighted by atomic mass is 17.1. The predicted octanol–water partition coefficient (Wildman–Crippen LogP) is -1.63. The second-order valence-corrected chi connectivity index (χ2v) is 0.333. The number of quaternary nitrogens is 2. The SMILES string of the molecule is O=C([O-])O[O-].[NH4+].[NH4+]. The van der Waals surface area contributed by atoms with Crippen LogP contribution in [0.2, 0.25) is 0 Å². The molecule has 0 aliphatic rings. The molecular formula is CH8N2O4. The molecule has 0 saturated carbocycles. The van der Waals surface area contributed by atoms with Crippen molar-refractivity contribution in [3.05, 3.63) is 0 Å². The third kappa shape index (κ3) is 38.6. The topological polar surface area (TPSA) is 145 Å². The summed E-state index contributed by atoms with van der Waals surface area (Å²) in [5, 5.41) is 17.2. The fourth-order valence-electron chi connectivity index (χ4n) is 0. The van der Waals surface area contributed by atoms with Crippen LogP contribution in [0.4, 0.5) is 4.79 Å². The van der Waals surface area contributed by atoms with Gasteiger partial charge < -0.3 is 32.3 Å². The lowest BCUT2D eigenvalue weighted by Gasteiger charge is -2.09. The normalized spacial score (nSPS) is 4.71. The molecule has 0 aliphatic carbocycles. The fourth-order valence-corrected chi connectivity index (χ4v) is 0. The molecule has 0 aromatic heterocycles. The maximum absolute atomic E-state index is 8.72. The van der Waals surface area contributed by atoms with E-state index in [4.69, 9.17) is 15.2 Å². The molecule has 6 heteroatoms. The Labute approximate surface area is 39.8 Å². The Hall–Kier alpha value is -0.850. The van der Waals surface area contributed by atoms with E-state index in [1.54, 1.807) is 0 Å². The molecule has 0 aliphatic heterocycles. The van der Waals surface area contributed by atoms with Crippen molar-refractivity contribution in [2.24, 2.45) is 0 Å². The van der Waals surface area contributed by atoms with Crippen LogP contribution >= 0.6 is 0 Å². The van der Waals surface area contributed by atoms with Crippen LogP contribution < -0.4 is 22.7 Å². The highest BCUT2D eigenvalue weighted by Gasteiger charge is 1.56. The van der Waals surface area contributed by atoms with Crippen LogP contribution in [-0.2, 0) is 4.89 Å². The molecule has 0 heterocycles. The van der Waals surface area contributed by atoms with Gasteiger partial charge in [0, 0.05) is 0 Å². The Balaban J connectivity index is -0.0000000800. The molecule has 0 bridgehead atoms. The predicted molar refractivity (Wildman–Crippen MR) is 18.5 cm³/mol. The quantitative estimate of drug-likeness (QED) is 0.286. The van der Waals surface area contributed by atoms with Gasteiger partial charge in [-0.05, 0) is 0 Å². The Morgan fingerprint density at radius 1 is 1.43 bits per heavy atom. The first-order valence-corrected chi connectivity index (χ1v) is 0.779. The summed E-state index contributed by atoms with van der Waals surface area (Å²) < 4.78 is 0. The van der Waals surface area contributed by atoms with E-state index in [1.807, 2.05) is 0 Å². The number of carboxylic acid groups (broad SMARTS) is 1. The molecule has 0 fully saturated rings. The van der Waals surface area contributed by atoms with Crippen LogP contribution in [0.3, 0.4) is 0 Å². The molecule has 6 nitrogen and oxygen atoms in total. The Morgan fingerprint density at radius 3 is 1.57 bits per heavy atom. The monoisotopic (exact) mass is 112 g/mol. The van der Waals surface area contributed by atoms with E-state index in [0.717, 1.165) is 0 Å². The first-order chi connectivity index (χ1) is 2.27. The molecule has 8 N–H and O–H groups in total. The molecule has 0 atom stereocenters. The summed E-state index contributed by atoms with van der Waals surface area (Å²) in [5.41, 5.74) is 0. The van der Waals surface area contributed by atoms with Crippen LogP contribution in [0.15, 0.2) is 0 Å². The van der Waals surface area contributed by atoms with Crippen molar-refractivity contribution in [3.63, 3.8) is 0 Å². The first kappa shape index (κ1) is 16.4. The van der Waals surface area contributed by atoms with Crippen molar-refractivity contribution in [3.8, 4) is 0 Å². The first-order valence-electron chi connectivity index (χ1n) is 0.779. The largest absolute Gasteiger partial charge is 0.755 e. The summed E-state index contributed by atoms with van der Waals surface area (Å²) in [6.45, 7) is 0. The van der Waals surface area contributed by atoms with Gasteiger partial charge in [-0.25, -0.2) is 0 Å². The van der Waals surface area contributed by atoms with Crippen molar-refractivity contribution in [1.29, 1.82) is 0 Å². The number of carbonyl (C=O) groups is 1. The van der Waals surface area contributed by atoms with Crippen LogP contribution in [0, 0.1) is 0 Å². The van der Waals surface area contributed by atoms with Crippen LogP contribution in [0.25, 0.3) is 0 Å². The number of hydrogen-bond donors (Lipinski definition) is 2. The number of rotatable bonds is 0. The summed E-state index contributed by atoms with van der Waals surface area (Å²) in [5.74, 6) is 0. The van der Waals surface area contributed by atoms with Crippen LogP contribution in [-0.4, -0.2) is 6.16 Å². The molecule has 7 heavy (non-hydrogen) atoms. The summed E-state index contributed by atoms with van der Waals surface area (Å²) >= 11 is 0. The molecule has 0 amide bonds. The second kappa shape index (κ2) is 8.94. The summed E-state index contributed by atoms with van der Waals surface area (Å²) in [4.78, 5) is 11.0. The van der Waals surface area contributed by atoms with Crippen molar-refractivity contribution < 1.29 is 20.0 Å². The lowest BCUT2D eigenvalue weighted by molar-refractivity contribution is -0.672. The zero-order valence-electron chi connectivity index (χ0n) is 4.13. The molecule has 0 rings (SSSR count). The maximum atomic E-state index is 8.72. The van der Waals surface area contributed by atoms with Crippen molar-refractivity contribution in [1.82, 2.24) is 12.3 Å². The van der Waals surface area contributed by atoms with Crippen molar-refractivity contribution >= 4 is 6.16 Å². The zero-order valence-corrected chi connectivity index (χ0v) is 4.13. The van der Waals surface area contributed by atoms with Gasteiger partial charge in [-0.1, -0.05) is 0 Å². The van der Waals surface area contributed by atoms with Gasteiger partial charge in [0.25, 0.3) is 0 Å². The molecule has 0 spiro atoms. The minimum atomic E-state index is -2.05. The smallest absolute Gasteiger partial charge is 0.240 e. The van der Waals surface area contributed by atoms with E-state index < -0.39 is 6.16 Å². The van der Waals surface area contributed by atoms with E-state index in [2.05, 4.69) is 4.89 Å². The molecule has 0 saturated heterocycles. The van der Waals surface area contributed by atoms with Gasteiger partial charge in [-0.3, -0.25) is 0 Å². The average molecular weight is 112 g/mol. The van der Waals surface area contributed by atoms with E-state index in [9.17, 15) is 0 Å². The van der Waals surface area contributed by atoms with Gasteiger partial charge in [0.2, 0.25) is 6.16 Å². The van der Waals surface area contributed by atoms with Gasteiger partial charge in [0.15, 0.2) is 0 Å².